The largest absolute Gasteiger partial charge is 0.348 e. The Morgan fingerprint density at radius 3 is 2.33 bits per heavy atom. The van der Waals surface area contributed by atoms with Crippen molar-refractivity contribution in [3.8, 4) is 0 Å². The molecule has 0 aliphatic carbocycles. The third-order valence-electron chi connectivity index (χ3n) is 3.16. The van der Waals surface area contributed by atoms with Crippen LogP contribution in [0.3, 0.4) is 0 Å². The quantitative estimate of drug-likeness (QED) is 0.830. The first-order valence-electron chi connectivity index (χ1n) is 6.41. The van der Waals surface area contributed by atoms with Gasteiger partial charge in [0, 0.05) is 17.0 Å². The van der Waals surface area contributed by atoms with Crippen molar-refractivity contribution in [2.45, 2.75) is 25.3 Å². The normalized spacial score (nSPS) is 10.5. The minimum atomic E-state index is -0.473. The van der Waals surface area contributed by atoms with E-state index in [4.69, 9.17) is 0 Å². The van der Waals surface area contributed by atoms with Crippen LogP contribution >= 0.6 is 12.6 Å². The second kappa shape index (κ2) is 6.26. The number of amides is 1. The van der Waals surface area contributed by atoms with Crippen LogP contribution in [0.1, 0.15) is 27.0 Å². The minimum Gasteiger partial charge on any atom is -0.348 e. The summed E-state index contributed by atoms with van der Waals surface area (Å²) in [5.41, 5.74) is 2.22. The molecule has 0 aromatic heterocycles. The minimum absolute atomic E-state index is 0.121. The van der Waals surface area contributed by atoms with Gasteiger partial charge in [0.1, 0.15) is 11.6 Å². The van der Waals surface area contributed by atoms with Crippen molar-refractivity contribution in [1.82, 2.24) is 5.32 Å². The van der Waals surface area contributed by atoms with Crippen LogP contribution in [-0.2, 0) is 6.54 Å². The Morgan fingerprint density at radius 2 is 1.76 bits per heavy atom. The van der Waals surface area contributed by atoms with Crippen molar-refractivity contribution in [1.29, 1.82) is 0 Å². The molecule has 0 radical (unpaired) electrons. The highest BCUT2D eigenvalue weighted by molar-refractivity contribution is 7.80. The monoisotopic (exact) mass is 307 g/mol. The fourth-order valence-corrected chi connectivity index (χ4v) is 2.29. The third-order valence-corrected chi connectivity index (χ3v) is 3.50. The number of carbonyl (C=O) groups excluding carboxylic acids is 1. The van der Waals surface area contributed by atoms with Crippen LogP contribution in [-0.4, -0.2) is 5.91 Å². The van der Waals surface area contributed by atoms with Gasteiger partial charge in [-0.15, -0.1) is 12.6 Å². The summed E-state index contributed by atoms with van der Waals surface area (Å²) in [6.07, 6.45) is 0. The fourth-order valence-electron chi connectivity index (χ4n) is 2.08. The van der Waals surface area contributed by atoms with Crippen LogP contribution in [0.4, 0.5) is 8.78 Å². The SMILES string of the molecule is Cc1cc(CNC(=O)c2ccc(F)c(S)c2)cc(C)c1F. The molecular weight excluding hydrogens is 292 g/mol. The van der Waals surface area contributed by atoms with Gasteiger partial charge in [-0.2, -0.15) is 0 Å². The predicted octanol–water partition coefficient (Wildman–Crippen LogP) is 3.80. The average Bonchev–Trinajstić information content (AvgIpc) is 2.44. The molecular formula is C16H15F2NOS. The van der Waals surface area contributed by atoms with E-state index in [-0.39, 0.29) is 23.2 Å². The molecule has 0 saturated carbocycles. The standard InChI is InChI=1S/C16H15F2NOS/c1-9-5-11(6-10(2)15(9)18)8-19-16(20)12-3-4-13(17)14(21)7-12/h3-7,21H,8H2,1-2H3,(H,19,20). The molecule has 0 aliphatic rings. The van der Waals surface area contributed by atoms with E-state index in [9.17, 15) is 13.6 Å². The van der Waals surface area contributed by atoms with Crippen molar-refractivity contribution >= 4 is 18.5 Å². The van der Waals surface area contributed by atoms with Crippen LogP contribution in [0, 0.1) is 25.5 Å². The molecule has 1 N–H and O–H groups in total. The summed E-state index contributed by atoms with van der Waals surface area (Å²) in [5, 5.41) is 2.72. The second-order valence-corrected chi connectivity index (χ2v) is 5.37. The first-order valence-corrected chi connectivity index (χ1v) is 6.85. The van der Waals surface area contributed by atoms with Crippen molar-refractivity contribution in [3.63, 3.8) is 0 Å². The van der Waals surface area contributed by atoms with Crippen molar-refractivity contribution in [2.24, 2.45) is 0 Å². The fraction of sp³-hybridized carbons (Fsp3) is 0.188. The molecule has 2 nitrogen and oxygen atoms in total. The zero-order valence-electron chi connectivity index (χ0n) is 11.7. The lowest BCUT2D eigenvalue weighted by molar-refractivity contribution is 0.0950. The Hall–Kier alpha value is -1.88. The van der Waals surface area contributed by atoms with E-state index in [1.165, 1.54) is 18.2 Å². The molecule has 2 aromatic carbocycles. The van der Waals surface area contributed by atoms with E-state index in [1.54, 1.807) is 26.0 Å². The van der Waals surface area contributed by atoms with E-state index in [1.807, 2.05) is 0 Å². The van der Waals surface area contributed by atoms with E-state index in [2.05, 4.69) is 17.9 Å². The molecule has 5 heteroatoms. The topological polar surface area (TPSA) is 29.1 Å². The number of rotatable bonds is 3. The highest BCUT2D eigenvalue weighted by atomic mass is 32.1. The lowest BCUT2D eigenvalue weighted by atomic mass is 10.1. The second-order valence-electron chi connectivity index (χ2n) is 4.89. The maximum absolute atomic E-state index is 13.5. The van der Waals surface area contributed by atoms with Gasteiger partial charge in [-0.1, -0.05) is 12.1 Å². The summed E-state index contributed by atoms with van der Waals surface area (Å²) < 4.78 is 26.6. The summed E-state index contributed by atoms with van der Waals surface area (Å²) in [4.78, 5) is 12.1. The Labute approximate surface area is 127 Å². The zero-order chi connectivity index (χ0) is 15.6. The molecule has 0 fully saturated rings. The number of aryl methyl sites for hydroxylation is 2. The number of hydrogen-bond acceptors (Lipinski definition) is 2. The number of nitrogens with one attached hydrogen (secondary N) is 1. The van der Waals surface area contributed by atoms with Gasteiger partial charge < -0.3 is 5.32 Å². The first kappa shape index (κ1) is 15.5. The highest BCUT2D eigenvalue weighted by Gasteiger charge is 2.09. The van der Waals surface area contributed by atoms with Gasteiger partial charge in [0.05, 0.1) is 0 Å². The number of thiol groups is 1. The summed E-state index contributed by atoms with van der Waals surface area (Å²) >= 11 is 3.94. The van der Waals surface area contributed by atoms with Crippen LogP contribution in [0.2, 0.25) is 0 Å². The number of hydrogen-bond donors (Lipinski definition) is 2. The van der Waals surface area contributed by atoms with Gasteiger partial charge in [0.25, 0.3) is 5.91 Å². The van der Waals surface area contributed by atoms with Gasteiger partial charge in [0.2, 0.25) is 0 Å². The van der Waals surface area contributed by atoms with Crippen LogP contribution < -0.4 is 5.32 Å². The zero-order valence-corrected chi connectivity index (χ0v) is 12.6. The summed E-state index contributed by atoms with van der Waals surface area (Å²) in [7, 11) is 0. The van der Waals surface area contributed by atoms with Gasteiger partial charge in [0.15, 0.2) is 0 Å². The third kappa shape index (κ3) is 3.61. The number of benzene rings is 2. The lowest BCUT2D eigenvalue weighted by Crippen LogP contribution is -2.23. The molecule has 21 heavy (non-hydrogen) atoms. The molecule has 0 unspecified atom stereocenters. The molecule has 0 spiro atoms. The molecule has 0 aliphatic heterocycles. The van der Waals surface area contributed by atoms with E-state index < -0.39 is 5.82 Å². The first-order chi connectivity index (χ1) is 9.88. The Morgan fingerprint density at radius 1 is 1.14 bits per heavy atom. The van der Waals surface area contributed by atoms with Crippen LogP contribution in [0.15, 0.2) is 35.2 Å². The van der Waals surface area contributed by atoms with Crippen molar-refractivity contribution < 1.29 is 13.6 Å². The summed E-state index contributed by atoms with van der Waals surface area (Å²) in [6.45, 7) is 3.64. The van der Waals surface area contributed by atoms with E-state index >= 15 is 0 Å². The van der Waals surface area contributed by atoms with E-state index in [0.29, 0.717) is 16.7 Å². The lowest BCUT2D eigenvalue weighted by Gasteiger charge is -2.09. The Bertz CT molecular complexity index is 678. The molecule has 0 atom stereocenters. The van der Waals surface area contributed by atoms with Gasteiger partial charge in [-0.25, -0.2) is 8.78 Å². The van der Waals surface area contributed by atoms with Crippen LogP contribution in [0.5, 0.6) is 0 Å². The Balaban J connectivity index is 2.09. The van der Waals surface area contributed by atoms with Gasteiger partial charge in [-0.05, 0) is 48.7 Å². The molecule has 1 amide bonds. The highest BCUT2D eigenvalue weighted by Crippen LogP contribution is 2.16. The molecule has 0 heterocycles. The maximum atomic E-state index is 13.5. The molecule has 2 aromatic rings. The Kier molecular flexibility index (Phi) is 4.63. The van der Waals surface area contributed by atoms with Crippen molar-refractivity contribution in [2.75, 3.05) is 0 Å². The molecule has 0 saturated heterocycles. The van der Waals surface area contributed by atoms with Crippen LogP contribution in [0.25, 0.3) is 0 Å². The van der Waals surface area contributed by atoms with Crippen molar-refractivity contribution in [3.05, 3.63) is 64.2 Å². The van der Waals surface area contributed by atoms with E-state index in [0.717, 1.165) is 5.56 Å². The summed E-state index contributed by atoms with van der Waals surface area (Å²) in [6, 6.07) is 7.35. The van der Waals surface area contributed by atoms with Gasteiger partial charge >= 0.3 is 0 Å². The average molecular weight is 307 g/mol. The molecule has 110 valence electrons. The smallest absolute Gasteiger partial charge is 0.251 e. The number of halogens is 2. The van der Waals surface area contributed by atoms with Gasteiger partial charge in [-0.3, -0.25) is 4.79 Å². The molecule has 0 bridgehead atoms. The number of carbonyl (C=O) groups is 1. The molecule has 2 rings (SSSR count). The maximum Gasteiger partial charge on any atom is 0.251 e. The summed E-state index contributed by atoms with van der Waals surface area (Å²) in [5.74, 6) is -1.03. The predicted molar refractivity (Wildman–Crippen MR) is 80.7 cm³/mol.